The summed E-state index contributed by atoms with van der Waals surface area (Å²) in [4.78, 5) is 34.0. The first-order chi connectivity index (χ1) is 34.2. The van der Waals surface area contributed by atoms with Gasteiger partial charge in [-0.05, 0) is 77.4 Å². The molecule has 5 heterocycles. The average Bonchev–Trinajstić information content (AvgIpc) is 4.27. The molecule has 3 aliphatic carbocycles. The van der Waals surface area contributed by atoms with E-state index in [-0.39, 0.29) is 77.9 Å². The summed E-state index contributed by atoms with van der Waals surface area (Å²) >= 11 is 6.07. The zero-order valence-electron chi connectivity index (χ0n) is 37.6. The maximum Gasteiger partial charge on any atom is 0.194 e. The van der Waals surface area contributed by atoms with E-state index in [4.69, 9.17) is 9.47 Å². The minimum atomic E-state index is -0.477. The smallest absolute Gasteiger partial charge is 0.194 e. The van der Waals surface area contributed by atoms with E-state index in [2.05, 4.69) is 30.5 Å². The van der Waals surface area contributed by atoms with Crippen LogP contribution in [0, 0.1) is 90.6 Å². The molecular formula is C54H25N9O4S4. The molecule has 2 aromatic carbocycles. The number of allylic oxidation sites excluding steroid dienone is 6. The van der Waals surface area contributed by atoms with Gasteiger partial charge in [-0.1, -0.05) is 13.8 Å². The van der Waals surface area contributed by atoms with Gasteiger partial charge in [0, 0.05) is 71.0 Å². The van der Waals surface area contributed by atoms with Crippen molar-refractivity contribution in [3.8, 4) is 90.1 Å². The van der Waals surface area contributed by atoms with Crippen molar-refractivity contribution in [1.29, 1.82) is 42.1 Å². The maximum atomic E-state index is 14.0. The molecule has 0 radical (unpaired) electrons. The van der Waals surface area contributed by atoms with Crippen LogP contribution in [0.2, 0.25) is 0 Å². The van der Waals surface area contributed by atoms with E-state index >= 15 is 0 Å². The molecule has 334 valence electrons. The van der Waals surface area contributed by atoms with Crippen molar-refractivity contribution < 1.29 is 19.1 Å². The summed E-state index contributed by atoms with van der Waals surface area (Å²) in [5.74, 6) is 0.168. The SMILES string of the molecule is COc1cc(/C=C2\C(=O)c3cc(C#N)c(C#N)cc3C2=C(C#N)C#N)sc1-c1cc2c(s1)-c1sc3cc(-c4sc(/C=C5\C(=O)c6cc(C#N)c(C#N)cc6C5=C(C#N)C#N)cc4OC)n(C)c3c1C2(C)C. The van der Waals surface area contributed by atoms with Crippen molar-refractivity contribution in [3.05, 3.63) is 136 Å². The van der Waals surface area contributed by atoms with Crippen LogP contribution in [0.3, 0.4) is 0 Å². The first kappa shape index (κ1) is 45.4. The molecule has 10 rings (SSSR count). The highest BCUT2D eigenvalue weighted by molar-refractivity contribution is 7.29. The van der Waals surface area contributed by atoms with Gasteiger partial charge in [0.25, 0.3) is 0 Å². The Bertz CT molecular complexity index is 4180. The second kappa shape index (κ2) is 16.7. The van der Waals surface area contributed by atoms with Gasteiger partial charge in [-0.15, -0.1) is 45.3 Å². The molecule has 7 aromatic rings. The normalized spacial score (nSPS) is 14.6. The molecule has 0 N–H and O–H groups in total. The molecule has 0 atom stereocenters. The predicted molar refractivity (Wildman–Crippen MR) is 269 cm³/mol. The van der Waals surface area contributed by atoms with Crippen molar-refractivity contribution in [2.24, 2.45) is 7.05 Å². The van der Waals surface area contributed by atoms with Crippen LogP contribution < -0.4 is 9.47 Å². The number of aryl methyl sites for hydroxylation is 1. The topological polar surface area (TPSA) is 248 Å². The summed E-state index contributed by atoms with van der Waals surface area (Å²) in [6, 6.07) is 28.7. The van der Waals surface area contributed by atoms with E-state index in [0.717, 1.165) is 45.9 Å². The largest absolute Gasteiger partial charge is 0.495 e. The third-order valence-electron chi connectivity index (χ3n) is 12.8. The molecule has 0 amide bonds. The number of benzene rings is 2. The number of carbonyl (C=O) groups excluding carboxylic acids is 2. The summed E-state index contributed by atoms with van der Waals surface area (Å²) in [6.45, 7) is 4.38. The summed E-state index contributed by atoms with van der Waals surface area (Å²) < 4.78 is 15.0. The van der Waals surface area contributed by atoms with Crippen molar-refractivity contribution in [2.45, 2.75) is 19.3 Å². The molecule has 0 saturated heterocycles. The van der Waals surface area contributed by atoms with E-state index in [9.17, 15) is 51.7 Å². The Hall–Kier alpha value is -9.40. The number of hydrogen-bond acceptors (Lipinski definition) is 16. The minimum absolute atomic E-state index is 0.0140. The van der Waals surface area contributed by atoms with Gasteiger partial charge < -0.3 is 14.0 Å². The fraction of sp³-hybridized carbons (Fsp3) is 0.111. The summed E-state index contributed by atoms with van der Waals surface area (Å²) in [6.07, 6.45) is 3.24. The number of ether oxygens (including phenoxy) is 2. The highest BCUT2D eigenvalue weighted by Gasteiger charge is 2.43. The lowest BCUT2D eigenvalue weighted by molar-refractivity contribution is 0.103. The van der Waals surface area contributed by atoms with E-state index in [1.165, 1.54) is 52.5 Å². The van der Waals surface area contributed by atoms with Crippen LogP contribution in [0.4, 0.5) is 0 Å². The Labute approximate surface area is 420 Å². The number of hydrogen-bond donors (Lipinski definition) is 0. The zero-order valence-corrected chi connectivity index (χ0v) is 40.8. The standard InChI is InChI=1S/C54H25N9O4S4/c1-54(2)38-14-43(52-41(67-5)13-31(69-52)11-37-45(29(22-61)23-62)33-7-25(17-56)27(19-58)9-35(33)49(37)65)71-50(38)53-46(54)47-42(70-53)15-39(63(47)3)51-40(66-4)12-30(68-51)10-36-44(28(20-59)21-60)32-6-24(16-55)26(18-57)8-34(32)48(36)64/h6-15H,1-5H3/b36-10-,37-11-. The lowest BCUT2D eigenvalue weighted by Crippen LogP contribution is -2.15. The Morgan fingerprint density at radius 3 is 1.46 bits per heavy atom. The summed E-state index contributed by atoms with van der Waals surface area (Å²) in [5, 5.41) is 78.5. The highest BCUT2D eigenvalue weighted by atomic mass is 32.1. The molecule has 0 fully saturated rings. The molecule has 17 heteroatoms. The zero-order chi connectivity index (χ0) is 50.4. The molecule has 13 nitrogen and oxygen atoms in total. The number of Topliss-reactive ketones (excluding diaryl/α,β-unsaturated/α-hetero) is 2. The quantitative estimate of drug-likeness (QED) is 0.111. The molecule has 0 bridgehead atoms. The van der Waals surface area contributed by atoms with Crippen LogP contribution >= 0.6 is 45.3 Å². The van der Waals surface area contributed by atoms with Crippen LogP contribution in [-0.4, -0.2) is 30.4 Å². The predicted octanol–water partition coefficient (Wildman–Crippen LogP) is 11.7. The lowest BCUT2D eigenvalue weighted by Gasteiger charge is -2.20. The molecule has 0 unspecified atom stereocenters. The van der Waals surface area contributed by atoms with Crippen LogP contribution in [-0.2, 0) is 12.5 Å². The number of nitrogens with zero attached hydrogens (tertiary/aromatic N) is 9. The van der Waals surface area contributed by atoms with Gasteiger partial charge in [0.05, 0.1) is 67.0 Å². The Morgan fingerprint density at radius 2 is 1.01 bits per heavy atom. The molecule has 3 aliphatic rings. The molecule has 5 aromatic heterocycles. The maximum absolute atomic E-state index is 14.0. The van der Waals surface area contributed by atoms with Gasteiger partial charge >= 0.3 is 0 Å². The number of nitriles is 8. The van der Waals surface area contributed by atoms with Crippen molar-refractivity contribution in [3.63, 3.8) is 0 Å². The third kappa shape index (κ3) is 6.52. The highest BCUT2D eigenvalue weighted by Crippen LogP contribution is 2.61. The van der Waals surface area contributed by atoms with Gasteiger partial charge in [-0.3, -0.25) is 9.59 Å². The number of carbonyl (C=O) groups is 2. The molecule has 0 saturated carbocycles. The van der Waals surface area contributed by atoms with Crippen molar-refractivity contribution >= 4 is 90.4 Å². The number of aromatic nitrogens is 1. The van der Waals surface area contributed by atoms with E-state index in [1.807, 2.05) is 55.6 Å². The number of rotatable bonds is 6. The Morgan fingerprint density at radius 1 is 0.563 bits per heavy atom. The summed E-state index contributed by atoms with van der Waals surface area (Å²) in [5.41, 5.74) is 4.43. The second-order valence-electron chi connectivity index (χ2n) is 16.7. The van der Waals surface area contributed by atoms with E-state index in [0.29, 0.717) is 21.3 Å². The fourth-order valence-corrected chi connectivity index (χ4v) is 14.8. The first-order valence-corrected chi connectivity index (χ1v) is 24.2. The van der Waals surface area contributed by atoms with Crippen LogP contribution in [0.25, 0.3) is 63.6 Å². The number of methoxy groups -OCH3 is 2. The fourth-order valence-electron chi connectivity index (χ4n) is 9.56. The van der Waals surface area contributed by atoms with E-state index < -0.39 is 17.0 Å². The monoisotopic (exact) mass is 991 g/mol. The van der Waals surface area contributed by atoms with Gasteiger partial charge in [0.2, 0.25) is 0 Å². The van der Waals surface area contributed by atoms with Crippen molar-refractivity contribution in [2.75, 3.05) is 14.2 Å². The Kier molecular flexibility index (Phi) is 10.7. The van der Waals surface area contributed by atoms with E-state index in [1.54, 1.807) is 61.2 Å². The Balaban J connectivity index is 1.02. The van der Waals surface area contributed by atoms with Crippen LogP contribution in [0.5, 0.6) is 11.5 Å². The molecule has 71 heavy (non-hydrogen) atoms. The third-order valence-corrected chi connectivity index (χ3v) is 17.6. The second-order valence-corrected chi connectivity index (χ2v) is 21.0. The lowest BCUT2D eigenvalue weighted by atomic mass is 9.83. The first-order valence-electron chi connectivity index (χ1n) is 21.0. The average molecular weight is 992 g/mol. The number of fused-ring (bicyclic) bond motifs is 7. The molecular weight excluding hydrogens is 967 g/mol. The van der Waals surface area contributed by atoms with Gasteiger partial charge in [0.1, 0.15) is 71.2 Å². The summed E-state index contributed by atoms with van der Waals surface area (Å²) in [7, 11) is 5.13. The van der Waals surface area contributed by atoms with Gasteiger partial charge in [-0.25, -0.2) is 0 Å². The van der Waals surface area contributed by atoms with Crippen molar-refractivity contribution in [1.82, 2.24) is 4.57 Å². The minimum Gasteiger partial charge on any atom is -0.495 e. The van der Waals surface area contributed by atoms with Gasteiger partial charge in [-0.2, -0.15) is 42.1 Å². The van der Waals surface area contributed by atoms with Crippen LogP contribution in [0.15, 0.2) is 70.8 Å². The van der Waals surface area contributed by atoms with Crippen LogP contribution in [0.1, 0.15) is 88.8 Å². The van der Waals surface area contributed by atoms with Gasteiger partial charge in [0.15, 0.2) is 11.6 Å². The number of thiophene rings is 4. The molecule has 0 spiro atoms. The number of ketones is 2. The molecule has 0 aliphatic heterocycles.